The summed E-state index contributed by atoms with van der Waals surface area (Å²) in [5.74, 6) is -0.0288. The number of nitrogens with zero attached hydrogens (tertiary/aromatic N) is 5. The lowest BCUT2D eigenvalue weighted by molar-refractivity contribution is 0.0162. The first kappa shape index (κ1) is 60.4. The summed E-state index contributed by atoms with van der Waals surface area (Å²) in [5, 5.41) is 32.3. The Morgan fingerprint density at radius 1 is 0.667 bits per heavy atom. The largest absolute Gasteiger partial charge is 0.493 e. The van der Waals surface area contributed by atoms with Gasteiger partial charge in [0, 0.05) is 18.7 Å². The Morgan fingerprint density at radius 3 is 1.75 bits per heavy atom. The molecule has 20 heteroatoms. The summed E-state index contributed by atoms with van der Waals surface area (Å²) in [7, 11) is -0.951. The summed E-state index contributed by atoms with van der Waals surface area (Å²) < 4.78 is 58.1. The number of para-hydroxylation sites is 1. The Morgan fingerprint density at radius 2 is 1.20 bits per heavy atom. The van der Waals surface area contributed by atoms with E-state index in [-0.39, 0.29) is 28.9 Å². The average molecular weight is 1160 g/mol. The minimum absolute atomic E-state index is 0.00862. The second-order valence-electron chi connectivity index (χ2n) is 20.4. The van der Waals surface area contributed by atoms with Crippen LogP contribution in [0.5, 0.6) is 23.0 Å². The van der Waals surface area contributed by atoms with Gasteiger partial charge in [-0.2, -0.15) is 4.68 Å². The zero-order valence-electron chi connectivity index (χ0n) is 47.0. The Bertz CT molecular complexity index is 3720. The Hall–Kier alpha value is -9.66. The number of tetrazole rings is 1. The molecule has 434 valence electrons. The highest BCUT2D eigenvalue weighted by Gasteiger charge is 2.39. The molecule has 2 unspecified atom stereocenters. The maximum Gasteiger partial charge on any atom is 0.410 e. The Kier molecular flexibility index (Phi) is 20.1. The molecular weight excluding hydrogens is 1090 g/mol. The van der Waals surface area contributed by atoms with Crippen LogP contribution in [-0.2, 0) is 40.6 Å². The van der Waals surface area contributed by atoms with E-state index >= 15 is 0 Å². The third-order valence-corrected chi connectivity index (χ3v) is 15.0. The number of methoxy groups -OCH3 is 2. The summed E-state index contributed by atoms with van der Waals surface area (Å²) in [4.78, 5) is 46.6. The van der Waals surface area contributed by atoms with E-state index in [1.807, 2.05) is 91.0 Å². The molecule has 0 radical (unpaired) electrons. The van der Waals surface area contributed by atoms with Gasteiger partial charge in [-0.05, 0) is 144 Å². The van der Waals surface area contributed by atoms with E-state index in [0.717, 1.165) is 46.5 Å². The molecule has 7 aromatic carbocycles. The zero-order valence-corrected chi connectivity index (χ0v) is 47.8. The average Bonchev–Trinajstić information content (AvgIpc) is 4.17. The fourth-order valence-corrected chi connectivity index (χ4v) is 10.8. The first-order valence-electron chi connectivity index (χ1n) is 26.8. The quantitative estimate of drug-likeness (QED) is 0.0717. The van der Waals surface area contributed by atoms with Gasteiger partial charge in [0.25, 0.3) is 5.16 Å². The van der Waals surface area contributed by atoms with Crippen molar-refractivity contribution < 1.29 is 61.5 Å². The van der Waals surface area contributed by atoms with E-state index in [1.54, 1.807) is 82.5 Å². The van der Waals surface area contributed by atoms with Crippen molar-refractivity contribution in [3.8, 4) is 28.7 Å². The van der Waals surface area contributed by atoms with Gasteiger partial charge in [-0.1, -0.05) is 120 Å². The number of aromatic carboxylic acids is 2. The SMILES string of the molecule is COc1cc2c(cc1OCc1ccccc1)CCN(C(=O)OC(C)(C)C)C2CS(=O)(=O)c1nnnn1-c1ccccc1.COc1cc2c(cc1OCc1ccccc1)CCNC2/C=C/c1cccc(C(=O)O)c1.O=Cc1cccc(C(=O)O)c1. The van der Waals surface area contributed by atoms with Crippen LogP contribution < -0.4 is 24.3 Å². The normalized spacial score (nSPS) is 14.5. The smallest absolute Gasteiger partial charge is 0.410 e. The number of hydrogen-bond acceptors (Lipinski definition) is 15. The van der Waals surface area contributed by atoms with Crippen molar-refractivity contribution in [2.45, 2.75) is 69.7 Å². The highest BCUT2D eigenvalue weighted by Crippen LogP contribution is 2.41. The number of rotatable bonds is 17. The topological polar surface area (TPSA) is 248 Å². The predicted octanol–water partition coefficient (Wildman–Crippen LogP) is 10.6. The first-order valence-corrected chi connectivity index (χ1v) is 28.4. The van der Waals surface area contributed by atoms with E-state index in [0.29, 0.717) is 60.0 Å². The van der Waals surface area contributed by atoms with E-state index in [1.165, 1.54) is 40.5 Å². The fraction of sp³-hybridized carbons (Fsp3) is 0.234. The van der Waals surface area contributed by atoms with E-state index in [4.69, 9.17) is 28.8 Å². The predicted molar refractivity (Wildman–Crippen MR) is 314 cm³/mol. The van der Waals surface area contributed by atoms with E-state index in [2.05, 4.69) is 33.0 Å². The van der Waals surface area contributed by atoms with Gasteiger partial charge < -0.3 is 39.2 Å². The number of aromatic nitrogens is 4. The summed E-state index contributed by atoms with van der Waals surface area (Å²) in [6, 6.07) is 48.1. The number of carboxylic acids is 2. The molecule has 84 heavy (non-hydrogen) atoms. The van der Waals surface area contributed by atoms with Gasteiger partial charge in [-0.25, -0.2) is 22.8 Å². The Balaban J connectivity index is 0.000000191. The van der Waals surface area contributed by atoms with Crippen LogP contribution >= 0.6 is 0 Å². The number of sulfone groups is 1. The summed E-state index contributed by atoms with van der Waals surface area (Å²) >= 11 is 0. The van der Waals surface area contributed by atoms with Crippen molar-refractivity contribution in [2.24, 2.45) is 0 Å². The van der Waals surface area contributed by atoms with Crippen LogP contribution in [0.4, 0.5) is 4.79 Å². The van der Waals surface area contributed by atoms with Crippen LogP contribution in [0.2, 0.25) is 0 Å². The number of carbonyl (C=O) groups excluding carboxylic acids is 2. The zero-order chi connectivity index (χ0) is 59.8. The van der Waals surface area contributed by atoms with Crippen molar-refractivity contribution in [1.29, 1.82) is 0 Å². The van der Waals surface area contributed by atoms with Crippen LogP contribution in [0.25, 0.3) is 11.8 Å². The van der Waals surface area contributed by atoms with Gasteiger partial charge in [0.05, 0.1) is 48.9 Å². The van der Waals surface area contributed by atoms with Gasteiger partial charge in [-0.3, -0.25) is 9.69 Å². The number of aldehydes is 1. The lowest BCUT2D eigenvalue weighted by atomic mass is 9.93. The van der Waals surface area contributed by atoms with Crippen molar-refractivity contribution in [3.63, 3.8) is 0 Å². The second-order valence-corrected chi connectivity index (χ2v) is 22.3. The number of carbonyl (C=O) groups is 4. The molecule has 3 N–H and O–H groups in total. The third-order valence-electron chi connectivity index (χ3n) is 13.4. The monoisotopic (exact) mass is 1160 g/mol. The fourth-order valence-electron chi connectivity index (χ4n) is 9.33. The Labute approximate surface area is 487 Å². The number of amides is 1. The molecular formula is C64H64N6O13S. The molecule has 2 aliphatic heterocycles. The van der Waals surface area contributed by atoms with Crippen molar-refractivity contribution in [1.82, 2.24) is 30.4 Å². The third kappa shape index (κ3) is 15.9. The number of hydrogen-bond donors (Lipinski definition) is 3. The molecule has 0 saturated carbocycles. The number of ether oxygens (including phenoxy) is 5. The van der Waals surface area contributed by atoms with Crippen molar-refractivity contribution in [2.75, 3.05) is 33.1 Å². The molecule has 2 atom stereocenters. The molecule has 1 amide bonds. The van der Waals surface area contributed by atoms with E-state index < -0.39 is 45.3 Å². The molecule has 19 nitrogen and oxygen atoms in total. The lowest BCUT2D eigenvalue weighted by Crippen LogP contribution is -2.45. The molecule has 0 spiro atoms. The van der Waals surface area contributed by atoms with Crippen LogP contribution in [0.15, 0.2) is 175 Å². The van der Waals surface area contributed by atoms with Gasteiger partial charge in [0.2, 0.25) is 9.84 Å². The van der Waals surface area contributed by atoms with Gasteiger partial charge >= 0.3 is 18.0 Å². The highest BCUT2D eigenvalue weighted by molar-refractivity contribution is 7.91. The summed E-state index contributed by atoms with van der Waals surface area (Å²) in [6.07, 6.45) is 5.39. The maximum atomic E-state index is 13.9. The van der Waals surface area contributed by atoms with Crippen molar-refractivity contribution in [3.05, 3.63) is 226 Å². The number of nitrogens with one attached hydrogen (secondary N) is 1. The lowest BCUT2D eigenvalue weighted by Gasteiger charge is -2.38. The van der Waals surface area contributed by atoms with Crippen LogP contribution in [0.1, 0.15) is 103 Å². The summed E-state index contributed by atoms with van der Waals surface area (Å²) in [6.45, 7) is 7.21. The molecule has 0 bridgehead atoms. The highest BCUT2D eigenvalue weighted by atomic mass is 32.2. The first-order chi connectivity index (χ1) is 40.4. The van der Waals surface area contributed by atoms with Crippen LogP contribution in [-0.4, -0.2) is 107 Å². The molecule has 0 aliphatic carbocycles. The van der Waals surface area contributed by atoms with Gasteiger partial charge in [-0.15, -0.1) is 0 Å². The molecule has 0 fully saturated rings. The molecule has 3 heterocycles. The second kappa shape index (κ2) is 27.9. The van der Waals surface area contributed by atoms with E-state index in [9.17, 15) is 32.7 Å². The molecule has 1 aromatic heterocycles. The number of fused-ring (bicyclic) bond motifs is 2. The van der Waals surface area contributed by atoms with Crippen LogP contribution in [0.3, 0.4) is 0 Å². The van der Waals surface area contributed by atoms with Crippen LogP contribution in [0, 0.1) is 0 Å². The molecule has 8 aromatic rings. The van der Waals surface area contributed by atoms with Gasteiger partial charge in [0.1, 0.15) is 25.1 Å². The van der Waals surface area contributed by atoms with Crippen molar-refractivity contribution >= 4 is 40.2 Å². The minimum Gasteiger partial charge on any atom is -0.493 e. The number of carboxylic acid groups (broad SMARTS) is 2. The maximum absolute atomic E-state index is 13.9. The molecule has 0 saturated heterocycles. The minimum atomic E-state index is -4.12. The van der Waals surface area contributed by atoms with Gasteiger partial charge in [0.15, 0.2) is 23.0 Å². The molecule has 10 rings (SSSR count). The summed E-state index contributed by atoms with van der Waals surface area (Å²) in [5.41, 5.74) is 7.30. The standard InChI is InChI=1S/C30H33N5O6S.C26H25NO4.C8H6O3/c1-30(2,3)41-29(36)34-16-15-22-17-27(40-19-21-11-7-5-8-12-21)26(39-4)18-24(22)25(34)20-42(37,38)28-31-32-33-35(28)23-13-9-6-10-14-23;1-30-24-16-22-20(15-25(24)31-17-19-6-3-2-4-7-19)12-13-27-23(22)11-10-18-8-5-9-21(14-18)26(28)29;9-5-6-2-1-3-7(4-6)8(10)11/h5-14,17-18,25H,15-16,19-20H2,1-4H3;2-11,14-16,23,27H,12-13,17H2,1H3,(H,28,29);1-5H,(H,10,11)/b;11-10+;. The molecule has 2 aliphatic rings. The number of benzene rings is 7.